The molecule has 0 radical (unpaired) electrons. The maximum atomic E-state index is 13.3. The van der Waals surface area contributed by atoms with Gasteiger partial charge < -0.3 is 19.8 Å². The highest BCUT2D eigenvalue weighted by Gasteiger charge is 2.46. The van der Waals surface area contributed by atoms with E-state index in [1.54, 1.807) is 19.2 Å². The molecular formula is C27H27NO5S. The number of rotatable bonds is 6. The van der Waals surface area contributed by atoms with Gasteiger partial charge in [-0.2, -0.15) is 0 Å². The minimum atomic E-state index is -0.835. The molecule has 0 bridgehead atoms. The first-order valence-electron chi connectivity index (χ1n) is 11.0. The van der Waals surface area contributed by atoms with Crippen molar-refractivity contribution in [1.29, 1.82) is 0 Å². The summed E-state index contributed by atoms with van der Waals surface area (Å²) in [7, 11) is 1.60. The summed E-state index contributed by atoms with van der Waals surface area (Å²) >= 11 is 1.48. The lowest BCUT2D eigenvalue weighted by atomic mass is 9.91. The fourth-order valence-electron chi connectivity index (χ4n) is 4.38. The van der Waals surface area contributed by atoms with E-state index in [0.29, 0.717) is 16.9 Å². The number of hydrogen-bond donors (Lipinski definition) is 2. The number of phenolic OH excluding ortho intramolecular Hbond substituents is 1. The van der Waals surface area contributed by atoms with E-state index in [0.717, 1.165) is 16.0 Å². The summed E-state index contributed by atoms with van der Waals surface area (Å²) in [5, 5.41) is 23.5. The van der Waals surface area contributed by atoms with E-state index in [1.807, 2.05) is 50.4 Å². The van der Waals surface area contributed by atoms with E-state index in [4.69, 9.17) is 4.74 Å². The van der Waals surface area contributed by atoms with Gasteiger partial charge in [0.1, 0.15) is 17.3 Å². The maximum Gasteiger partial charge on any atom is 0.295 e. The first-order chi connectivity index (χ1) is 16.2. The number of hydrogen-bond acceptors (Lipinski definition) is 6. The van der Waals surface area contributed by atoms with Gasteiger partial charge in [-0.05, 0) is 65.2 Å². The first kappa shape index (κ1) is 23.6. The van der Waals surface area contributed by atoms with Crippen molar-refractivity contribution in [3.05, 3.63) is 86.6 Å². The number of Topliss-reactive ketones (excluding diaryl/α,β-unsaturated/α-hetero) is 1. The van der Waals surface area contributed by atoms with Gasteiger partial charge in [-0.1, -0.05) is 32.0 Å². The van der Waals surface area contributed by atoms with Crippen LogP contribution in [0.2, 0.25) is 0 Å². The largest absolute Gasteiger partial charge is 0.508 e. The second kappa shape index (κ2) is 9.35. The van der Waals surface area contributed by atoms with Crippen LogP contribution in [0.25, 0.3) is 5.76 Å². The monoisotopic (exact) mass is 477 g/mol. The van der Waals surface area contributed by atoms with Crippen LogP contribution in [0.5, 0.6) is 11.5 Å². The fraction of sp³-hybridized carbons (Fsp3) is 0.259. The molecule has 6 nitrogen and oxygen atoms in total. The Bertz CT molecular complexity index is 1280. The van der Waals surface area contributed by atoms with E-state index in [9.17, 15) is 19.8 Å². The molecule has 1 amide bonds. The summed E-state index contributed by atoms with van der Waals surface area (Å²) in [4.78, 5) is 28.8. The predicted octanol–water partition coefficient (Wildman–Crippen LogP) is 5.52. The molecule has 34 heavy (non-hydrogen) atoms. The molecule has 1 aliphatic rings. The number of aromatic hydroxyl groups is 1. The van der Waals surface area contributed by atoms with Gasteiger partial charge in [-0.15, -0.1) is 11.3 Å². The molecule has 1 aliphatic heterocycles. The van der Waals surface area contributed by atoms with Gasteiger partial charge in [0.15, 0.2) is 0 Å². The topological polar surface area (TPSA) is 87.1 Å². The SMILES string of the molecule is COc1cc(C)c(/C(O)=C2\C(=O)C(=O)N(Cc3cccs3)C2c2cccc(O)c2)cc1C(C)C. The molecule has 4 rings (SSSR count). The molecule has 1 saturated heterocycles. The molecule has 1 fully saturated rings. The van der Waals surface area contributed by atoms with Crippen LogP contribution >= 0.6 is 11.3 Å². The fourth-order valence-corrected chi connectivity index (χ4v) is 5.08. The molecule has 1 unspecified atom stereocenters. The Morgan fingerprint density at radius 3 is 2.53 bits per heavy atom. The Morgan fingerprint density at radius 2 is 1.91 bits per heavy atom. The van der Waals surface area contributed by atoms with Crippen molar-refractivity contribution in [2.24, 2.45) is 0 Å². The lowest BCUT2D eigenvalue weighted by Gasteiger charge is -2.25. The van der Waals surface area contributed by atoms with E-state index in [2.05, 4.69) is 0 Å². The molecule has 7 heteroatoms. The molecule has 2 aromatic carbocycles. The second-order valence-electron chi connectivity index (χ2n) is 8.67. The third-order valence-electron chi connectivity index (χ3n) is 6.09. The number of aryl methyl sites for hydroxylation is 1. The van der Waals surface area contributed by atoms with Gasteiger partial charge in [0.2, 0.25) is 0 Å². The van der Waals surface area contributed by atoms with Crippen LogP contribution in [0.1, 0.15) is 52.9 Å². The third kappa shape index (κ3) is 4.19. The van der Waals surface area contributed by atoms with E-state index in [1.165, 1.54) is 28.4 Å². The van der Waals surface area contributed by atoms with Crippen molar-refractivity contribution in [2.75, 3.05) is 7.11 Å². The molecule has 0 spiro atoms. The average molecular weight is 478 g/mol. The van der Waals surface area contributed by atoms with Gasteiger partial charge in [0.25, 0.3) is 11.7 Å². The second-order valence-corrected chi connectivity index (χ2v) is 9.70. The smallest absolute Gasteiger partial charge is 0.295 e. The summed E-state index contributed by atoms with van der Waals surface area (Å²) in [6.07, 6.45) is 0. The Morgan fingerprint density at radius 1 is 1.15 bits per heavy atom. The number of ether oxygens (including phenoxy) is 1. The van der Waals surface area contributed by atoms with Gasteiger partial charge in [-0.3, -0.25) is 9.59 Å². The van der Waals surface area contributed by atoms with E-state index in [-0.39, 0.29) is 29.5 Å². The molecule has 2 heterocycles. The highest BCUT2D eigenvalue weighted by atomic mass is 32.1. The summed E-state index contributed by atoms with van der Waals surface area (Å²) in [6.45, 7) is 6.08. The number of methoxy groups -OCH3 is 1. The van der Waals surface area contributed by atoms with Crippen LogP contribution in [-0.4, -0.2) is 33.9 Å². The number of thiophene rings is 1. The number of aliphatic hydroxyl groups is 1. The lowest BCUT2D eigenvalue weighted by molar-refractivity contribution is -0.140. The first-order valence-corrected chi connectivity index (χ1v) is 11.9. The zero-order valence-corrected chi connectivity index (χ0v) is 20.3. The molecule has 3 aromatic rings. The molecule has 176 valence electrons. The number of aliphatic hydroxyl groups excluding tert-OH is 1. The van der Waals surface area contributed by atoms with Crippen molar-refractivity contribution in [2.45, 2.75) is 39.3 Å². The van der Waals surface area contributed by atoms with Gasteiger partial charge in [0.05, 0.1) is 25.3 Å². The van der Waals surface area contributed by atoms with Gasteiger partial charge >= 0.3 is 0 Å². The Balaban J connectivity index is 1.93. The summed E-state index contributed by atoms with van der Waals surface area (Å²) in [5.74, 6) is -0.830. The van der Waals surface area contributed by atoms with Crippen molar-refractivity contribution < 1.29 is 24.5 Å². The van der Waals surface area contributed by atoms with Crippen LogP contribution in [0.15, 0.2) is 59.5 Å². The Kier molecular flexibility index (Phi) is 6.48. The molecule has 2 N–H and O–H groups in total. The number of phenols is 1. The van der Waals surface area contributed by atoms with Crippen molar-refractivity contribution in [3.8, 4) is 11.5 Å². The number of benzene rings is 2. The predicted molar refractivity (Wildman–Crippen MR) is 132 cm³/mol. The normalized spacial score (nSPS) is 17.6. The third-order valence-corrected chi connectivity index (χ3v) is 6.95. The molecule has 0 aliphatic carbocycles. The number of carbonyl (C=O) groups excluding carboxylic acids is 2. The quantitative estimate of drug-likeness (QED) is 0.277. The average Bonchev–Trinajstić information content (AvgIpc) is 3.40. The zero-order chi connectivity index (χ0) is 24.6. The standard InChI is InChI=1S/C27H27NO5S/c1-15(2)20-13-21(16(3)11-22(20)33-4)25(30)23-24(17-7-5-8-18(29)12-17)28(27(32)26(23)31)14-19-9-6-10-34-19/h5-13,15,24,29-30H,14H2,1-4H3/b25-23+. The van der Waals surface area contributed by atoms with Crippen LogP contribution in [-0.2, 0) is 16.1 Å². The van der Waals surface area contributed by atoms with Crippen molar-refractivity contribution >= 4 is 28.8 Å². The maximum absolute atomic E-state index is 13.3. The lowest BCUT2D eigenvalue weighted by Crippen LogP contribution is -2.28. The molecular weight excluding hydrogens is 450 g/mol. The van der Waals surface area contributed by atoms with Crippen LogP contribution in [0.4, 0.5) is 0 Å². The van der Waals surface area contributed by atoms with Crippen molar-refractivity contribution in [1.82, 2.24) is 4.90 Å². The van der Waals surface area contributed by atoms with E-state index < -0.39 is 17.7 Å². The highest BCUT2D eigenvalue weighted by Crippen LogP contribution is 2.42. The summed E-state index contributed by atoms with van der Waals surface area (Å²) < 4.78 is 5.51. The Labute approximate surface area is 202 Å². The Hall–Kier alpha value is -3.58. The number of ketones is 1. The summed E-state index contributed by atoms with van der Waals surface area (Å²) in [6, 6.07) is 13.0. The molecule has 1 atom stereocenters. The minimum Gasteiger partial charge on any atom is -0.508 e. The summed E-state index contributed by atoms with van der Waals surface area (Å²) in [5.41, 5.74) is 2.64. The number of nitrogens with zero attached hydrogens (tertiary/aromatic N) is 1. The molecule has 0 saturated carbocycles. The van der Waals surface area contributed by atoms with Gasteiger partial charge in [-0.25, -0.2) is 0 Å². The number of carbonyl (C=O) groups is 2. The minimum absolute atomic E-state index is 0.00938. The zero-order valence-electron chi connectivity index (χ0n) is 19.5. The van der Waals surface area contributed by atoms with E-state index >= 15 is 0 Å². The highest BCUT2D eigenvalue weighted by molar-refractivity contribution is 7.09. The van der Waals surface area contributed by atoms with Crippen LogP contribution in [0, 0.1) is 6.92 Å². The number of amides is 1. The van der Waals surface area contributed by atoms with Crippen LogP contribution in [0.3, 0.4) is 0 Å². The van der Waals surface area contributed by atoms with Crippen LogP contribution < -0.4 is 4.74 Å². The van der Waals surface area contributed by atoms with Crippen molar-refractivity contribution in [3.63, 3.8) is 0 Å². The molecule has 1 aromatic heterocycles. The number of likely N-dealkylation sites (tertiary alicyclic amines) is 1. The van der Waals surface area contributed by atoms with Gasteiger partial charge in [0, 0.05) is 10.4 Å².